The average Bonchev–Trinajstić information content (AvgIpc) is 2.34. The lowest BCUT2D eigenvalue weighted by molar-refractivity contribution is -0.119. The fourth-order valence-corrected chi connectivity index (χ4v) is 1.55. The number of carbonyl (C=O) groups is 2. The lowest BCUT2D eigenvalue weighted by atomic mass is 10.0. The second-order valence-electron chi connectivity index (χ2n) is 4.14. The SMILES string of the molecule is CC(=O)NCC(O)C(O)c1cc(N)cc(C(=O)O)c1. The Hall–Kier alpha value is -2.12. The molecule has 0 saturated carbocycles. The Morgan fingerprint density at radius 1 is 1.32 bits per heavy atom. The zero-order chi connectivity index (χ0) is 14.6. The van der Waals surface area contributed by atoms with Crippen LogP contribution in [0.15, 0.2) is 18.2 Å². The van der Waals surface area contributed by atoms with E-state index < -0.39 is 18.2 Å². The van der Waals surface area contributed by atoms with Crippen molar-refractivity contribution in [3.63, 3.8) is 0 Å². The smallest absolute Gasteiger partial charge is 0.335 e. The van der Waals surface area contributed by atoms with Crippen molar-refractivity contribution in [1.82, 2.24) is 5.32 Å². The van der Waals surface area contributed by atoms with E-state index in [1.54, 1.807) is 0 Å². The molecule has 2 atom stereocenters. The van der Waals surface area contributed by atoms with E-state index in [4.69, 9.17) is 10.8 Å². The van der Waals surface area contributed by atoms with Crippen molar-refractivity contribution in [2.45, 2.75) is 19.1 Å². The Morgan fingerprint density at radius 3 is 2.47 bits per heavy atom. The molecule has 0 bridgehead atoms. The van der Waals surface area contributed by atoms with Crippen molar-refractivity contribution in [2.24, 2.45) is 0 Å². The van der Waals surface area contributed by atoms with Crippen LogP contribution in [0.3, 0.4) is 0 Å². The highest BCUT2D eigenvalue weighted by molar-refractivity contribution is 5.89. The predicted octanol–water partition coefficient (Wildman–Crippen LogP) is -0.503. The predicted molar refractivity (Wildman–Crippen MR) is 67.5 cm³/mol. The van der Waals surface area contributed by atoms with Gasteiger partial charge in [-0.05, 0) is 23.8 Å². The number of carbonyl (C=O) groups excluding carboxylic acids is 1. The zero-order valence-corrected chi connectivity index (χ0v) is 10.3. The third-order valence-electron chi connectivity index (χ3n) is 2.49. The number of aromatic carboxylic acids is 1. The number of benzene rings is 1. The first-order valence-corrected chi connectivity index (χ1v) is 5.55. The summed E-state index contributed by atoms with van der Waals surface area (Å²) < 4.78 is 0. The molecule has 0 aliphatic carbocycles. The fourth-order valence-electron chi connectivity index (χ4n) is 1.55. The van der Waals surface area contributed by atoms with Crippen LogP contribution in [0.5, 0.6) is 0 Å². The molecule has 2 unspecified atom stereocenters. The molecule has 0 aliphatic heterocycles. The van der Waals surface area contributed by atoms with Crippen LogP contribution in [0.4, 0.5) is 5.69 Å². The first-order chi connectivity index (χ1) is 8.81. The number of aliphatic hydroxyl groups is 2. The lowest BCUT2D eigenvalue weighted by Crippen LogP contribution is -2.34. The summed E-state index contributed by atoms with van der Waals surface area (Å²) in [6.07, 6.45) is -2.60. The summed E-state index contributed by atoms with van der Waals surface area (Å²) in [4.78, 5) is 21.6. The Balaban J connectivity index is 2.89. The number of nitrogens with one attached hydrogen (secondary N) is 1. The Labute approximate surface area is 109 Å². The topological polar surface area (TPSA) is 133 Å². The van der Waals surface area contributed by atoms with Gasteiger partial charge in [0.2, 0.25) is 5.91 Å². The molecule has 104 valence electrons. The summed E-state index contributed by atoms with van der Waals surface area (Å²) in [5.41, 5.74) is 5.79. The minimum absolute atomic E-state index is 0.0826. The number of rotatable bonds is 5. The molecule has 0 saturated heterocycles. The van der Waals surface area contributed by atoms with E-state index in [0.717, 1.165) is 0 Å². The van der Waals surface area contributed by atoms with Crippen molar-refractivity contribution in [3.05, 3.63) is 29.3 Å². The summed E-state index contributed by atoms with van der Waals surface area (Å²) in [6, 6.07) is 3.84. The number of nitrogens with two attached hydrogens (primary N) is 1. The minimum atomic E-state index is -1.34. The average molecular weight is 268 g/mol. The van der Waals surface area contributed by atoms with Crippen LogP contribution in [0.1, 0.15) is 28.9 Å². The zero-order valence-electron chi connectivity index (χ0n) is 10.3. The van der Waals surface area contributed by atoms with Gasteiger partial charge in [0.05, 0.1) is 5.56 Å². The molecule has 0 spiro atoms. The Morgan fingerprint density at radius 2 is 1.95 bits per heavy atom. The number of aliphatic hydroxyl groups excluding tert-OH is 2. The molecule has 7 nitrogen and oxygen atoms in total. The van der Waals surface area contributed by atoms with Gasteiger partial charge in [0.25, 0.3) is 0 Å². The van der Waals surface area contributed by atoms with E-state index in [0.29, 0.717) is 0 Å². The molecule has 0 radical (unpaired) electrons. The first kappa shape index (κ1) is 14.9. The molecular weight excluding hydrogens is 252 g/mol. The van der Waals surface area contributed by atoms with Gasteiger partial charge in [-0.15, -0.1) is 0 Å². The van der Waals surface area contributed by atoms with Gasteiger partial charge in [-0.1, -0.05) is 0 Å². The maximum Gasteiger partial charge on any atom is 0.335 e. The van der Waals surface area contributed by atoms with Crippen molar-refractivity contribution in [1.29, 1.82) is 0 Å². The molecular formula is C12H16N2O5. The number of nitrogen functional groups attached to an aromatic ring is 1. The van der Waals surface area contributed by atoms with Gasteiger partial charge in [-0.2, -0.15) is 0 Å². The van der Waals surface area contributed by atoms with Crippen LogP contribution >= 0.6 is 0 Å². The number of carboxylic acids is 1. The van der Waals surface area contributed by atoms with Crippen LogP contribution in [0, 0.1) is 0 Å². The van der Waals surface area contributed by atoms with Gasteiger partial charge in [0.15, 0.2) is 0 Å². The standard InChI is InChI=1S/C12H16N2O5/c1-6(15)14-5-10(16)11(17)7-2-8(12(18)19)4-9(13)3-7/h2-4,10-11,16-17H,5,13H2,1H3,(H,14,15)(H,18,19). The Kier molecular flexibility index (Phi) is 4.85. The van der Waals surface area contributed by atoms with E-state index >= 15 is 0 Å². The first-order valence-electron chi connectivity index (χ1n) is 5.55. The van der Waals surface area contributed by atoms with Crippen LogP contribution in [-0.4, -0.2) is 39.8 Å². The monoisotopic (exact) mass is 268 g/mol. The molecule has 19 heavy (non-hydrogen) atoms. The van der Waals surface area contributed by atoms with Crippen LogP contribution in [0.25, 0.3) is 0 Å². The summed E-state index contributed by atoms with van der Waals surface area (Å²) in [5, 5.41) is 30.8. The van der Waals surface area contributed by atoms with Crippen LogP contribution in [0.2, 0.25) is 0 Å². The molecule has 1 aromatic rings. The second-order valence-corrected chi connectivity index (χ2v) is 4.14. The number of hydrogen-bond donors (Lipinski definition) is 5. The Bertz CT molecular complexity index is 489. The van der Waals surface area contributed by atoms with Crippen LogP contribution < -0.4 is 11.1 Å². The van der Waals surface area contributed by atoms with E-state index in [1.165, 1.54) is 25.1 Å². The summed E-state index contributed by atoms with van der Waals surface area (Å²) in [5.74, 6) is -1.53. The fraction of sp³-hybridized carbons (Fsp3) is 0.333. The largest absolute Gasteiger partial charge is 0.478 e. The van der Waals surface area contributed by atoms with E-state index in [9.17, 15) is 19.8 Å². The van der Waals surface area contributed by atoms with Crippen molar-refractivity contribution >= 4 is 17.6 Å². The molecule has 0 heterocycles. The number of carboxylic acid groups (broad SMARTS) is 1. The third kappa shape index (κ3) is 4.23. The van der Waals surface area contributed by atoms with Gasteiger partial charge in [-0.3, -0.25) is 4.79 Å². The van der Waals surface area contributed by atoms with E-state index in [1.807, 2.05) is 0 Å². The van der Waals surface area contributed by atoms with E-state index in [2.05, 4.69) is 5.32 Å². The molecule has 1 amide bonds. The third-order valence-corrected chi connectivity index (χ3v) is 2.49. The maximum atomic E-state index is 10.9. The van der Waals surface area contributed by atoms with Gasteiger partial charge in [0.1, 0.15) is 12.2 Å². The van der Waals surface area contributed by atoms with Gasteiger partial charge in [-0.25, -0.2) is 4.79 Å². The molecule has 1 rings (SSSR count). The second kappa shape index (κ2) is 6.17. The van der Waals surface area contributed by atoms with Crippen LogP contribution in [-0.2, 0) is 4.79 Å². The maximum absolute atomic E-state index is 10.9. The lowest BCUT2D eigenvalue weighted by Gasteiger charge is -2.19. The van der Waals surface area contributed by atoms with Gasteiger partial charge >= 0.3 is 5.97 Å². The summed E-state index contributed by atoms with van der Waals surface area (Å²) in [6.45, 7) is 1.13. The van der Waals surface area contributed by atoms with Crippen molar-refractivity contribution < 1.29 is 24.9 Å². The van der Waals surface area contributed by atoms with E-state index in [-0.39, 0.29) is 29.3 Å². The minimum Gasteiger partial charge on any atom is -0.478 e. The quantitative estimate of drug-likeness (QED) is 0.457. The van der Waals surface area contributed by atoms with Gasteiger partial charge < -0.3 is 26.4 Å². The molecule has 1 aromatic carbocycles. The highest BCUT2D eigenvalue weighted by Gasteiger charge is 2.20. The number of amides is 1. The molecule has 0 aromatic heterocycles. The highest BCUT2D eigenvalue weighted by atomic mass is 16.4. The highest BCUT2D eigenvalue weighted by Crippen LogP contribution is 2.21. The molecule has 7 heteroatoms. The molecule has 6 N–H and O–H groups in total. The summed E-state index contributed by atoms with van der Waals surface area (Å²) >= 11 is 0. The van der Waals surface area contributed by atoms with Crippen molar-refractivity contribution in [2.75, 3.05) is 12.3 Å². The normalized spacial score (nSPS) is 13.6. The number of anilines is 1. The van der Waals surface area contributed by atoms with Crippen molar-refractivity contribution in [3.8, 4) is 0 Å². The molecule has 0 fully saturated rings. The summed E-state index contributed by atoms with van der Waals surface area (Å²) in [7, 11) is 0. The molecule has 0 aliphatic rings. The van der Waals surface area contributed by atoms with Gasteiger partial charge in [0, 0.05) is 19.2 Å². The number of hydrogen-bond acceptors (Lipinski definition) is 5.